The Kier molecular flexibility index (Phi) is 1.13. The summed E-state index contributed by atoms with van der Waals surface area (Å²) in [6.45, 7) is 5.26. The Morgan fingerprint density at radius 2 is 2.38 bits per heavy atom. The predicted molar refractivity (Wildman–Crippen MR) is 30.9 cm³/mol. The molecule has 0 aromatic heterocycles. The smallest absolute Gasteiger partial charge is 0.179 e. The second-order valence-electron chi connectivity index (χ2n) is 2.56. The monoisotopic (exact) mass is 110 g/mol. The lowest BCUT2D eigenvalue weighted by atomic mass is 10.1. The van der Waals surface area contributed by atoms with E-state index >= 15 is 0 Å². The maximum absolute atomic E-state index is 8.30. The molecule has 0 aromatic rings. The van der Waals surface area contributed by atoms with Crippen molar-refractivity contribution >= 4 is 0 Å². The molecule has 1 saturated heterocycles. The van der Waals surface area contributed by atoms with Crippen LogP contribution in [0.15, 0.2) is 0 Å². The van der Waals surface area contributed by atoms with E-state index in [9.17, 15) is 0 Å². The third-order valence-electron chi connectivity index (χ3n) is 1.55. The Hall–Kier alpha value is -0.710. The highest BCUT2D eigenvalue weighted by Gasteiger charge is 2.35. The lowest BCUT2D eigenvalue weighted by Crippen LogP contribution is -2.01. The highest BCUT2D eigenvalue weighted by atomic mass is 15.3. The zero-order valence-electron chi connectivity index (χ0n) is 5.26. The van der Waals surface area contributed by atoms with Crippen LogP contribution in [0, 0.1) is 17.4 Å². The van der Waals surface area contributed by atoms with Gasteiger partial charge in [0.1, 0.15) is 0 Å². The van der Waals surface area contributed by atoms with Gasteiger partial charge < -0.3 is 4.90 Å². The third kappa shape index (κ3) is 0.764. The molecule has 8 heavy (non-hydrogen) atoms. The van der Waals surface area contributed by atoms with Gasteiger partial charge in [0, 0.05) is 6.54 Å². The van der Waals surface area contributed by atoms with E-state index in [1.165, 1.54) is 0 Å². The van der Waals surface area contributed by atoms with E-state index in [1.54, 1.807) is 4.90 Å². The van der Waals surface area contributed by atoms with Crippen molar-refractivity contribution in [2.45, 2.75) is 19.9 Å². The van der Waals surface area contributed by atoms with Gasteiger partial charge in [-0.25, -0.2) is 0 Å². The molecule has 0 N–H and O–H groups in total. The van der Waals surface area contributed by atoms with Crippen LogP contribution in [0.1, 0.15) is 13.8 Å². The molecule has 0 aliphatic carbocycles. The first kappa shape index (κ1) is 5.43. The van der Waals surface area contributed by atoms with Gasteiger partial charge in [-0.1, -0.05) is 13.8 Å². The fourth-order valence-corrected chi connectivity index (χ4v) is 0.840. The summed E-state index contributed by atoms with van der Waals surface area (Å²) in [5, 5.41) is 8.30. The molecule has 2 nitrogen and oxygen atoms in total. The van der Waals surface area contributed by atoms with Gasteiger partial charge in [-0.15, -0.1) is 0 Å². The summed E-state index contributed by atoms with van der Waals surface area (Å²) >= 11 is 0. The van der Waals surface area contributed by atoms with Crippen molar-refractivity contribution in [2.75, 3.05) is 6.54 Å². The topological polar surface area (TPSA) is 26.8 Å². The Bertz CT molecular complexity index is 123. The van der Waals surface area contributed by atoms with E-state index in [0.717, 1.165) is 6.54 Å². The molecular formula is C6H10N2. The highest BCUT2D eigenvalue weighted by molar-refractivity contribution is 4.99. The molecule has 2 heteroatoms. The lowest BCUT2D eigenvalue weighted by molar-refractivity contribution is 0.545. The van der Waals surface area contributed by atoms with Crippen LogP contribution in [0.25, 0.3) is 0 Å². The quantitative estimate of drug-likeness (QED) is 0.369. The lowest BCUT2D eigenvalue weighted by Gasteiger charge is -1.96. The van der Waals surface area contributed by atoms with Crippen LogP contribution in [0.4, 0.5) is 0 Å². The summed E-state index contributed by atoms with van der Waals surface area (Å²) in [6, 6.07) is 0.556. The summed E-state index contributed by atoms with van der Waals surface area (Å²) in [7, 11) is 0. The molecule has 44 valence electrons. The van der Waals surface area contributed by atoms with Crippen molar-refractivity contribution in [2.24, 2.45) is 5.92 Å². The molecular weight excluding hydrogens is 100 g/mol. The molecule has 0 radical (unpaired) electrons. The van der Waals surface area contributed by atoms with E-state index in [0.29, 0.717) is 12.0 Å². The number of hydrogen-bond acceptors (Lipinski definition) is 2. The Labute approximate surface area is 49.7 Å². The molecule has 0 bridgehead atoms. The van der Waals surface area contributed by atoms with Gasteiger partial charge in [-0.2, -0.15) is 5.26 Å². The molecule has 1 fully saturated rings. The first-order valence-electron chi connectivity index (χ1n) is 2.92. The van der Waals surface area contributed by atoms with Gasteiger partial charge >= 0.3 is 0 Å². The summed E-state index contributed by atoms with van der Waals surface area (Å²) < 4.78 is 0. The second-order valence-corrected chi connectivity index (χ2v) is 2.56. The minimum Gasteiger partial charge on any atom is -0.303 e. The molecule has 1 aliphatic rings. The predicted octanol–water partition coefficient (Wildman–Crippen LogP) is 0.808. The molecule has 0 saturated carbocycles. The van der Waals surface area contributed by atoms with Crippen LogP contribution < -0.4 is 0 Å². The standard InChI is InChI=1S/C6H10N2/c1-5(2)6-3-8(6)4-7/h5-6H,3H2,1-2H3. The van der Waals surface area contributed by atoms with Gasteiger partial charge in [-0.05, 0) is 5.92 Å². The van der Waals surface area contributed by atoms with E-state index in [4.69, 9.17) is 5.26 Å². The summed E-state index contributed by atoms with van der Waals surface area (Å²) in [6.07, 6.45) is 2.10. The maximum Gasteiger partial charge on any atom is 0.179 e. The number of rotatable bonds is 1. The number of hydrogen-bond donors (Lipinski definition) is 0. The zero-order chi connectivity index (χ0) is 6.15. The SMILES string of the molecule is CC(C)C1CN1C#N. The molecule has 0 amide bonds. The Morgan fingerprint density at radius 3 is 2.50 bits per heavy atom. The number of nitriles is 1. The zero-order valence-corrected chi connectivity index (χ0v) is 5.26. The average molecular weight is 110 g/mol. The van der Waals surface area contributed by atoms with Crippen LogP contribution in [0.3, 0.4) is 0 Å². The van der Waals surface area contributed by atoms with Crippen molar-refractivity contribution in [3.05, 3.63) is 0 Å². The van der Waals surface area contributed by atoms with Gasteiger partial charge in [0.15, 0.2) is 6.19 Å². The van der Waals surface area contributed by atoms with Crippen LogP contribution in [-0.4, -0.2) is 17.5 Å². The van der Waals surface area contributed by atoms with Crippen LogP contribution in [0.2, 0.25) is 0 Å². The van der Waals surface area contributed by atoms with Crippen molar-refractivity contribution in [3.63, 3.8) is 0 Å². The van der Waals surface area contributed by atoms with Crippen molar-refractivity contribution < 1.29 is 0 Å². The second kappa shape index (κ2) is 1.66. The van der Waals surface area contributed by atoms with E-state index in [1.807, 2.05) is 0 Å². The number of nitrogens with zero attached hydrogens (tertiary/aromatic N) is 2. The van der Waals surface area contributed by atoms with E-state index in [2.05, 4.69) is 20.0 Å². The Morgan fingerprint density at radius 1 is 1.75 bits per heavy atom. The summed E-state index contributed by atoms with van der Waals surface area (Å²) in [5.41, 5.74) is 0. The van der Waals surface area contributed by atoms with Gasteiger partial charge in [0.2, 0.25) is 0 Å². The van der Waals surface area contributed by atoms with Crippen LogP contribution in [0.5, 0.6) is 0 Å². The fraction of sp³-hybridized carbons (Fsp3) is 0.833. The normalized spacial score (nSPS) is 25.8. The van der Waals surface area contributed by atoms with Crippen molar-refractivity contribution in [1.29, 1.82) is 5.26 Å². The first-order chi connectivity index (χ1) is 3.75. The maximum atomic E-state index is 8.30. The first-order valence-corrected chi connectivity index (χ1v) is 2.92. The van der Waals surface area contributed by atoms with E-state index in [-0.39, 0.29) is 0 Å². The average Bonchev–Trinajstić information content (AvgIpc) is 2.42. The van der Waals surface area contributed by atoms with Gasteiger partial charge in [0.25, 0.3) is 0 Å². The molecule has 1 unspecified atom stereocenters. The third-order valence-corrected chi connectivity index (χ3v) is 1.55. The minimum atomic E-state index is 0.556. The van der Waals surface area contributed by atoms with Crippen LogP contribution in [-0.2, 0) is 0 Å². The van der Waals surface area contributed by atoms with Crippen LogP contribution >= 0.6 is 0 Å². The molecule has 0 spiro atoms. The fourth-order valence-electron chi connectivity index (χ4n) is 0.840. The summed E-state index contributed by atoms with van der Waals surface area (Å²) in [4.78, 5) is 1.80. The van der Waals surface area contributed by atoms with Crippen molar-refractivity contribution in [3.8, 4) is 6.19 Å². The Balaban J connectivity index is 2.29. The largest absolute Gasteiger partial charge is 0.303 e. The summed E-state index contributed by atoms with van der Waals surface area (Å²) in [5.74, 6) is 0.648. The molecule has 1 rings (SSSR count). The highest BCUT2D eigenvalue weighted by Crippen LogP contribution is 2.22. The minimum absolute atomic E-state index is 0.556. The van der Waals surface area contributed by atoms with E-state index < -0.39 is 0 Å². The molecule has 1 heterocycles. The molecule has 1 atom stereocenters. The van der Waals surface area contributed by atoms with Crippen molar-refractivity contribution in [1.82, 2.24) is 4.90 Å². The molecule has 0 aromatic carbocycles. The molecule has 1 aliphatic heterocycles. The van der Waals surface area contributed by atoms with Gasteiger partial charge in [0.05, 0.1) is 6.04 Å². The van der Waals surface area contributed by atoms with Gasteiger partial charge in [-0.3, -0.25) is 0 Å².